The van der Waals surface area contributed by atoms with Gasteiger partial charge in [-0.15, -0.1) is 0 Å². The minimum absolute atomic E-state index is 0.0534. The molecule has 1 aliphatic rings. The van der Waals surface area contributed by atoms with E-state index in [1.54, 1.807) is 0 Å². The zero-order valence-corrected chi connectivity index (χ0v) is 7.82. The summed E-state index contributed by atoms with van der Waals surface area (Å²) in [6.07, 6.45) is 2.13. The van der Waals surface area contributed by atoms with Crippen LogP contribution in [0.3, 0.4) is 0 Å². The van der Waals surface area contributed by atoms with Crippen LogP contribution in [0.2, 0.25) is 0 Å². The van der Waals surface area contributed by atoms with Gasteiger partial charge in [-0.2, -0.15) is 0 Å². The van der Waals surface area contributed by atoms with Crippen LogP contribution in [0.5, 0.6) is 0 Å². The Balaban J connectivity index is 2.30. The van der Waals surface area contributed by atoms with Crippen molar-refractivity contribution in [2.45, 2.75) is 26.2 Å². The molecule has 4 heteroatoms. The number of carboxylic acids is 1. The van der Waals surface area contributed by atoms with Gasteiger partial charge in [-0.1, -0.05) is 11.8 Å². The number of hydrogen-bond donors (Lipinski definition) is 1. The molecule has 68 valence electrons. The largest absolute Gasteiger partial charge is 0.481 e. The minimum Gasteiger partial charge on any atom is -0.481 e. The van der Waals surface area contributed by atoms with Crippen molar-refractivity contribution in [1.82, 2.24) is 0 Å². The summed E-state index contributed by atoms with van der Waals surface area (Å²) >= 11 is 1.24. The monoisotopic (exact) mass is 188 g/mol. The lowest BCUT2D eigenvalue weighted by atomic mass is 10.1. The summed E-state index contributed by atoms with van der Waals surface area (Å²) in [4.78, 5) is 21.0. The van der Waals surface area contributed by atoms with Crippen molar-refractivity contribution in [3.8, 4) is 0 Å². The van der Waals surface area contributed by atoms with Crippen LogP contribution < -0.4 is 0 Å². The normalized spacial score (nSPS) is 18.8. The third-order valence-corrected chi connectivity index (χ3v) is 3.23. The molecule has 1 saturated carbocycles. The molecule has 0 aliphatic heterocycles. The molecule has 0 spiro atoms. The molecule has 1 aliphatic carbocycles. The smallest absolute Gasteiger partial charge is 0.303 e. The molecule has 1 N–H and O–H groups in total. The summed E-state index contributed by atoms with van der Waals surface area (Å²) in [7, 11) is 0. The van der Waals surface area contributed by atoms with Gasteiger partial charge in [0, 0.05) is 12.7 Å². The fraction of sp³-hybridized carbons (Fsp3) is 0.750. The number of hydrogen-bond acceptors (Lipinski definition) is 3. The van der Waals surface area contributed by atoms with E-state index < -0.39 is 5.97 Å². The van der Waals surface area contributed by atoms with E-state index in [0.29, 0.717) is 5.75 Å². The highest BCUT2D eigenvalue weighted by Gasteiger charge is 2.44. The van der Waals surface area contributed by atoms with Crippen molar-refractivity contribution in [3.63, 3.8) is 0 Å². The van der Waals surface area contributed by atoms with Crippen LogP contribution in [0.1, 0.15) is 26.2 Å². The maximum Gasteiger partial charge on any atom is 0.303 e. The Labute approximate surface area is 75.5 Å². The molecular formula is C8H12O3S. The van der Waals surface area contributed by atoms with E-state index in [-0.39, 0.29) is 17.0 Å². The van der Waals surface area contributed by atoms with Crippen LogP contribution >= 0.6 is 11.8 Å². The van der Waals surface area contributed by atoms with Gasteiger partial charge in [0.1, 0.15) is 0 Å². The van der Waals surface area contributed by atoms with Crippen LogP contribution in [0.15, 0.2) is 0 Å². The van der Waals surface area contributed by atoms with Crippen molar-refractivity contribution in [2.24, 2.45) is 5.41 Å². The van der Waals surface area contributed by atoms with Crippen molar-refractivity contribution >= 4 is 22.8 Å². The average molecular weight is 188 g/mol. The Morgan fingerprint density at radius 3 is 2.42 bits per heavy atom. The number of carbonyl (C=O) groups excluding carboxylic acids is 1. The van der Waals surface area contributed by atoms with Crippen molar-refractivity contribution < 1.29 is 14.7 Å². The summed E-state index contributed by atoms with van der Waals surface area (Å²) < 4.78 is 0. The van der Waals surface area contributed by atoms with Crippen LogP contribution in [-0.2, 0) is 9.59 Å². The highest BCUT2D eigenvalue weighted by molar-refractivity contribution is 8.13. The fourth-order valence-corrected chi connectivity index (χ4v) is 2.02. The number of thioether (sulfide) groups is 1. The second kappa shape index (κ2) is 3.47. The first kappa shape index (κ1) is 9.58. The highest BCUT2D eigenvalue weighted by Crippen LogP contribution is 2.50. The maximum atomic E-state index is 10.6. The number of carbonyl (C=O) groups is 2. The first-order chi connectivity index (χ1) is 5.54. The van der Waals surface area contributed by atoms with Gasteiger partial charge in [-0.25, -0.2) is 0 Å². The molecule has 0 heterocycles. The molecule has 0 saturated heterocycles. The first-order valence-corrected chi connectivity index (χ1v) is 4.88. The fourth-order valence-electron chi connectivity index (χ4n) is 1.12. The molecule has 0 bridgehead atoms. The summed E-state index contributed by atoms with van der Waals surface area (Å²) in [5.41, 5.74) is -0.0534. The predicted octanol–water partition coefficient (Wildman–Crippen LogP) is 1.52. The Hall–Kier alpha value is -0.510. The first-order valence-electron chi connectivity index (χ1n) is 3.89. The SMILES string of the molecule is CC(=O)SCC1(CC(=O)O)CC1. The quantitative estimate of drug-likeness (QED) is 0.726. The lowest BCUT2D eigenvalue weighted by Crippen LogP contribution is -2.11. The van der Waals surface area contributed by atoms with E-state index in [9.17, 15) is 9.59 Å². The van der Waals surface area contributed by atoms with Gasteiger partial charge in [0.25, 0.3) is 0 Å². The van der Waals surface area contributed by atoms with Gasteiger partial charge >= 0.3 is 5.97 Å². The second-order valence-electron chi connectivity index (χ2n) is 3.35. The highest BCUT2D eigenvalue weighted by atomic mass is 32.2. The summed E-state index contributed by atoms with van der Waals surface area (Å²) in [6, 6.07) is 0. The van der Waals surface area contributed by atoms with Crippen LogP contribution in [0.25, 0.3) is 0 Å². The number of aliphatic carboxylic acids is 1. The van der Waals surface area contributed by atoms with E-state index >= 15 is 0 Å². The molecule has 12 heavy (non-hydrogen) atoms. The molecule has 0 aromatic heterocycles. The van der Waals surface area contributed by atoms with Gasteiger partial charge in [0.2, 0.25) is 0 Å². The van der Waals surface area contributed by atoms with Gasteiger partial charge in [0.05, 0.1) is 6.42 Å². The molecule has 0 aromatic rings. The van der Waals surface area contributed by atoms with E-state index in [1.165, 1.54) is 18.7 Å². The molecule has 0 radical (unpaired) electrons. The molecule has 0 amide bonds. The Morgan fingerprint density at radius 2 is 2.08 bits per heavy atom. The summed E-state index contributed by atoms with van der Waals surface area (Å²) in [5, 5.41) is 8.64. The standard InChI is InChI=1S/C8H12O3S/c1-6(9)12-5-8(2-3-8)4-7(10)11/h2-5H2,1H3,(H,10,11). The molecule has 3 nitrogen and oxygen atoms in total. The van der Waals surface area contributed by atoms with Gasteiger partial charge in [0.15, 0.2) is 5.12 Å². The van der Waals surface area contributed by atoms with Crippen LogP contribution in [0, 0.1) is 5.41 Å². The van der Waals surface area contributed by atoms with Gasteiger partial charge in [-0.3, -0.25) is 9.59 Å². The van der Waals surface area contributed by atoms with Crippen LogP contribution in [-0.4, -0.2) is 21.9 Å². The molecule has 0 aromatic carbocycles. The Bertz CT molecular complexity index is 208. The average Bonchev–Trinajstić information content (AvgIpc) is 2.64. The van der Waals surface area contributed by atoms with Crippen LogP contribution in [0.4, 0.5) is 0 Å². The lowest BCUT2D eigenvalue weighted by Gasteiger charge is -2.09. The number of rotatable bonds is 4. The van der Waals surface area contributed by atoms with Gasteiger partial charge in [-0.05, 0) is 18.3 Å². The van der Waals surface area contributed by atoms with Gasteiger partial charge < -0.3 is 5.11 Å². The summed E-state index contributed by atoms with van der Waals surface area (Å²) in [5.74, 6) is -0.0779. The number of carboxylic acid groups (broad SMARTS) is 1. The van der Waals surface area contributed by atoms with Crippen molar-refractivity contribution in [3.05, 3.63) is 0 Å². The van der Waals surface area contributed by atoms with E-state index in [0.717, 1.165) is 12.8 Å². The van der Waals surface area contributed by atoms with E-state index in [4.69, 9.17) is 5.11 Å². The lowest BCUT2D eigenvalue weighted by molar-refractivity contribution is -0.138. The molecule has 1 fully saturated rings. The third kappa shape index (κ3) is 2.85. The Morgan fingerprint density at radius 1 is 1.50 bits per heavy atom. The zero-order valence-electron chi connectivity index (χ0n) is 7.00. The Kier molecular flexibility index (Phi) is 2.77. The topological polar surface area (TPSA) is 54.4 Å². The molecule has 0 atom stereocenters. The van der Waals surface area contributed by atoms with E-state index in [2.05, 4.69) is 0 Å². The van der Waals surface area contributed by atoms with Crippen molar-refractivity contribution in [1.29, 1.82) is 0 Å². The van der Waals surface area contributed by atoms with Crippen molar-refractivity contribution in [2.75, 3.05) is 5.75 Å². The van der Waals surface area contributed by atoms with E-state index in [1.807, 2.05) is 0 Å². The maximum absolute atomic E-state index is 10.6. The minimum atomic E-state index is -0.753. The zero-order chi connectivity index (χ0) is 9.19. The molecule has 0 unspecified atom stereocenters. The summed E-state index contributed by atoms with van der Waals surface area (Å²) in [6.45, 7) is 1.52. The molecular weight excluding hydrogens is 176 g/mol. The third-order valence-electron chi connectivity index (χ3n) is 2.06. The predicted molar refractivity (Wildman–Crippen MR) is 47.1 cm³/mol. The second-order valence-corrected chi connectivity index (χ2v) is 4.50. The molecule has 1 rings (SSSR count).